The van der Waals surface area contributed by atoms with E-state index in [-0.39, 0.29) is 5.69 Å². The molecule has 20 heavy (non-hydrogen) atoms. The Bertz CT molecular complexity index is 652. The van der Waals surface area contributed by atoms with Crippen LogP contribution in [-0.4, -0.2) is 15.9 Å². The standard InChI is InChI=1S/C14H17N3O3/c1-8-3-5-11(9(8)2)15-14-16-12-6-4-10(17(18)19)7-13(12)20-14/h4,6-9,11H,3,5H2,1-2H3,(H,15,16). The van der Waals surface area contributed by atoms with E-state index in [1.54, 1.807) is 6.07 Å². The first-order valence-corrected chi connectivity index (χ1v) is 6.86. The Balaban J connectivity index is 1.84. The van der Waals surface area contributed by atoms with Crippen molar-refractivity contribution >= 4 is 22.8 Å². The third-order valence-corrected chi connectivity index (χ3v) is 4.36. The third kappa shape index (κ3) is 2.21. The van der Waals surface area contributed by atoms with E-state index < -0.39 is 4.92 Å². The second-order valence-electron chi connectivity index (χ2n) is 5.59. The van der Waals surface area contributed by atoms with Gasteiger partial charge >= 0.3 is 0 Å². The quantitative estimate of drug-likeness (QED) is 0.684. The molecule has 0 aliphatic heterocycles. The third-order valence-electron chi connectivity index (χ3n) is 4.36. The number of nitro groups is 1. The van der Waals surface area contributed by atoms with Gasteiger partial charge in [0.1, 0.15) is 5.52 Å². The summed E-state index contributed by atoms with van der Waals surface area (Å²) in [5, 5.41) is 14.0. The largest absolute Gasteiger partial charge is 0.423 e. The van der Waals surface area contributed by atoms with Crippen LogP contribution in [0.3, 0.4) is 0 Å². The Morgan fingerprint density at radius 2 is 2.20 bits per heavy atom. The minimum atomic E-state index is -0.435. The summed E-state index contributed by atoms with van der Waals surface area (Å²) in [7, 11) is 0. The van der Waals surface area contributed by atoms with E-state index in [9.17, 15) is 10.1 Å². The monoisotopic (exact) mass is 275 g/mol. The highest BCUT2D eigenvalue weighted by Crippen LogP contribution is 2.34. The van der Waals surface area contributed by atoms with Crippen molar-refractivity contribution in [2.24, 2.45) is 11.8 Å². The summed E-state index contributed by atoms with van der Waals surface area (Å²) in [6, 6.07) is 5.27. The molecule has 1 aliphatic carbocycles. The maximum Gasteiger partial charge on any atom is 0.295 e. The number of non-ortho nitro benzene ring substituents is 1. The minimum Gasteiger partial charge on any atom is -0.423 e. The van der Waals surface area contributed by atoms with E-state index in [1.165, 1.54) is 18.6 Å². The molecular formula is C14H17N3O3. The smallest absolute Gasteiger partial charge is 0.295 e. The maximum atomic E-state index is 10.7. The number of nitrogens with zero attached hydrogens (tertiary/aromatic N) is 2. The van der Waals surface area contributed by atoms with Crippen LogP contribution in [0.4, 0.5) is 11.7 Å². The molecule has 6 heteroatoms. The fraction of sp³-hybridized carbons (Fsp3) is 0.500. The highest BCUT2D eigenvalue weighted by atomic mass is 16.6. The van der Waals surface area contributed by atoms with Crippen molar-refractivity contribution in [3.05, 3.63) is 28.3 Å². The molecule has 1 saturated carbocycles. The predicted octanol–water partition coefficient (Wildman–Crippen LogP) is 3.58. The molecule has 0 bridgehead atoms. The lowest BCUT2D eigenvalue weighted by Gasteiger charge is -2.18. The van der Waals surface area contributed by atoms with Crippen LogP contribution in [0.1, 0.15) is 26.7 Å². The molecule has 1 fully saturated rings. The van der Waals surface area contributed by atoms with Crippen LogP contribution < -0.4 is 5.32 Å². The van der Waals surface area contributed by atoms with Crippen molar-refractivity contribution in [3.63, 3.8) is 0 Å². The predicted molar refractivity (Wildman–Crippen MR) is 75.6 cm³/mol. The zero-order valence-corrected chi connectivity index (χ0v) is 11.5. The first kappa shape index (κ1) is 12.9. The fourth-order valence-electron chi connectivity index (χ4n) is 2.82. The molecule has 1 heterocycles. The summed E-state index contributed by atoms with van der Waals surface area (Å²) in [5.74, 6) is 1.26. The Kier molecular flexibility index (Phi) is 3.08. The lowest BCUT2D eigenvalue weighted by atomic mass is 9.98. The second kappa shape index (κ2) is 4.77. The molecule has 3 unspecified atom stereocenters. The van der Waals surface area contributed by atoms with Gasteiger partial charge in [-0.1, -0.05) is 13.8 Å². The number of benzene rings is 1. The van der Waals surface area contributed by atoms with Gasteiger partial charge in [-0.05, 0) is 30.7 Å². The fourth-order valence-corrected chi connectivity index (χ4v) is 2.82. The Morgan fingerprint density at radius 1 is 1.40 bits per heavy atom. The van der Waals surface area contributed by atoms with Crippen molar-refractivity contribution in [2.45, 2.75) is 32.7 Å². The second-order valence-corrected chi connectivity index (χ2v) is 5.59. The Morgan fingerprint density at radius 3 is 2.85 bits per heavy atom. The number of anilines is 1. The SMILES string of the molecule is CC1CCC(Nc2nc3ccc([N+](=O)[O-])cc3o2)C1C. The summed E-state index contributed by atoms with van der Waals surface area (Å²) < 4.78 is 5.58. The summed E-state index contributed by atoms with van der Waals surface area (Å²) in [4.78, 5) is 14.6. The molecule has 3 rings (SSSR count). The van der Waals surface area contributed by atoms with E-state index in [4.69, 9.17) is 4.42 Å². The Labute approximate surface area is 116 Å². The van der Waals surface area contributed by atoms with Crippen molar-refractivity contribution in [1.82, 2.24) is 4.98 Å². The van der Waals surface area contributed by atoms with Gasteiger partial charge in [0, 0.05) is 12.1 Å². The van der Waals surface area contributed by atoms with Gasteiger partial charge in [-0.3, -0.25) is 10.1 Å². The molecule has 0 saturated heterocycles. The van der Waals surface area contributed by atoms with E-state index >= 15 is 0 Å². The molecule has 1 aromatic carbocycles. The van der Waals surface area contributed by atoms with Crippen LogP contribution in [0.5, 0.6) is 0 Å². The van der Waals surface area contributed by atoms with E-state index in [0.717, 1.165) is 6.42 Å². The molecule has 1 aliphatic rings. The Hall–Kier alpha value is -2.11. The average molecular weight is 275 g/mol. The number of aromatic nitrogens is 1. The van der Waals surface area contributed by atoms with Crippen LogP contribution in [0, 0.1) is 22.0 Å². The van der Waals surface area contributed by atoms with Crippen LogP contribution in [-0.2, 0) is 0 Å². The first-order valence-electron chi connectivity index (χ1n) is 6.86. The highest BCUT2D eigenvalue weighted by molar-refractivity contribution is 5.77. The van der Waals surface area contributed by atoms with E-state index in [1.807, 2.05) is 0 Å². The molecule has 3 atom stereocenters. The molecule has 1 N–H and O–H groups in total. The lowest BCUT2D eigenvalue weighted by molar-refractivity contribution is -0.384. The zero-order valence-electron chi connectivity index (χ0n) is 11.5. The van der Waals surface area contributed by atoms with Crippen LogP contribution >= 0.6 is 0 Å². The average Bonchev–Trinajstić information content (AvgIpc) is 2.95. The molecule has 2 aromatic rings. The normalized spacial score (nSPS) is 26.0. The van der Waals surface area contributed by atoms with Crippen molar-refractivity contribution < 1.29 is 9.34 Å². The van der Waals surface area contributed by atoms with E-state index in [2.05, 4.69) is 24.1 Å². The molecule has 6 nitrogen and oxygen atoms in total. The highest BCUT2D eigenvalue weighted by Gasteiger charge is 2.30. The van der Waals surface area contributed by atoms with Crippen molar-refractivity contribution in [3.8, 4) is 0 Å². The number of hydrogen-bond donors (Lipinski definition) is 1. The summed E-state index contributed by atoms with van der Waals surface area (Å²) in [6.45, 7) is 4.48. The number of nitro benzene ring substituents is 1. The van der Waals surface area contributed by atoms with Gasteiger partial charge < -0.3 is 9.73 Å². The van der Waals surface area contributed by atoms with Crippen molar-refractivity contribution in [2.75, 3.05) is 5.32 Å². The van der Waals surface area contributed by atoms with Crippen LogP contribution in [0.2, 0.25) is 0 Å². The zero-order chi connectivity index (χ0) is 14.3. The van der Waals surface area contributed by atoms with E-state index in [0.29, 0.717) is 35.0 Å². The molecule has 1 aromatic heterocycles. The number of hydrogen-bond acceptors (Lipinski definition) is 5. The summed E-state index contributed by atoms with van der Waals surface area (Å²) >= 11 is 0. The lowest BCUT2D eigenvalue weighted by Crippen LogP contribution is -2.24. The van der Waals surface area contributed by atoms with Gasteiger partial charge in [-0.2, -0.15) is 4.98 Å². The molecule has 0 radical (unpaired) electrons. The summed E-state index contributed by atoms with van der Waals surface area (Å²) in [6.07, 6.45) is 2.30. The molecular weight excluding hydrogens is 258 g/mol. The molecule has 106 valence electrons. The number of fused-ring (bicyclic) bond motifs is 1. The van der Waals surface area contributed by atoms with Crippen LogP contribution in [0.15, 0.2) is 22.6 Å². The van der Waals surface area contributed by atoms with Gasteiger partial charge in [0.2, 0.25) is 0 Å². The van der Waals surface area contributed by atoms with Gasteiger partial charge in [0.25, 0.3) is 11.7 Å². The van der Waals surface area contributed by atoms with Gasteiger partial charge in [-0.25, -0.2) is 0 Å². The maximum absolute atomic E-state index is 10.7. The summed E-state index contributed by atoms with van der Waals surface area (Å²) in [5.41, 5.74) is 1.10. The van der Waals surface area contributed by atoms with Gasteiger partial charge in [-0.15, -0.1) is 0 Å². The van der Waals surface area contributed by atoms with Crippen LogP contribution in [0.25, 0.3) is 11.1 Å². The van der Waals surface area contributed by atoms with Crippen molar-refractivity contribution in [1.29, 1.82) is 0 Å². The minimum absolute atomic E-state index is 0.0167. The molecule has 0 spiro atoms. The van der Waals surface area contributed by atoms with Gasteiger partial charge in [0.15, 0.2) is 5.58 Å². The van der Waals surface area contributed by atoms with Gasteiger partial charge in [0.05, 0.1) is 11.0 Å². The topological polar surface area (TPSA) is 81.2 Å². The number of rotatable bonds is 3. The first-order chi connectivity index (χ1) is 9.54. The molecule has 0 amide bonds. The number of oxazole rings is 1. The number of nitrogens with one attached hydrogen (secondary N) is 1.